The van der Waals surface area contributed by atoms with Crippen molar-refractivity contribution in [2.45, 2.75) is 27.7 Å². The lowest BCUT2D eigenvalue weighted by Crippen LogP contribution is -2.29. The predicted octanol–water partition coefficient (Wildman–Crippen LogP) is 5.96. The van der Waals surface area contributed by atoms with E-state index in [1.165, 1.54) is 22.5 Å². The zero-order valence-corrected chi connectivity index (χ0v) is 17.3. The van der Waals surface area contributed by atoms with E-state index < -0.39 is 0 Å². The van der Waals surface area contributed by atoms with Crippen LogP contribution in [0.15, 0.2) is 110 Å². The highest BCUT2D eigenvalue weighted by Gasteiger charge is 2.08. The van der Waals surface area contributed by atoms with Crippen LogP contribution in [0.2, 0.25) is 0 Å². The molecule has 0 bridgehead atoms. The first-order chi connectivity index (χ1) is 13.9. The molecule has 0 spiro atoms. The molecule has 4 aromatic rings. The van der Waals surface area contributed by atoms with Gasteiger partial charge in [-0.3, -0.25) is 0 Å². The number of para-hydroxylation sites is 2. The van der Waals surface area contributed by atoms with Crippen LogP contribution in [0, 0.1) is 0 Å². The van der Waals surface area contributed by atoms with E-state index >= 15 is 0 Å². The Morgan fingerprint density at radius 3 is 0.964 bits per heavy atom. The first-order valence-electron chi connectivity index (χ1n) is 10.0. The summed E-state index contributed by atoms with van der Waals surface area (Å²) >= 11 is 0. The molecule has 0 radical (unpaired) electrons. The van der Waals surface area contributed by atoms with Gasteiger partial charge >= 0.3 is 0 Å². The van der Waals surface area contributed by atoms with Crippen molar-refractivity contribution >= 4 is 0 Å². The van der Waals surface area contributed by atoms with Gasteiger partial charge in [0.1, 0.15) is 0 Å². The standard InChI is InChI=1S/C22H18N2.2C2H6/c1-3-7-21(8-4-1)23-15-11-19(12-16-23)20-13-17-24(18-14-20)22-9-5-2-6-10-22;2*1-2/h1-18H;2*1-2H3/q+2;;. The minimum atomic E-state index is 1.17. The summed E-state index contributed by atoms with van der Waals surface area (Å²) in [6.45, 7) is 8.00. The second-order valence-corrected chi connectivity index (χ2v) is 5.66. The summed E-state index contributed by atoms with van der Waals surface area (Å²) in [6, 6.07) is 29.3. The molecule has 0 atom stereocenters. The largest absolute Gasteiger partial charge is 0.210 e. The first-order valence-corrected chi connectivity index (χ1v) is 10.0. The van der Waals surface area contributed by atoms with Crippen LogP contribution in [0.1, 0.15) is 27.7 Å². The number of hydrogen-bond acceptors (Lipinski definition) is 0. The number of nitrogens with zero attached hydrogens (tertiary/aromatic N) is 2. The summed E-state index contributed by atoms with van der Waals surface area (Å²) in [4.78, 5) is 0. The highest BCUT2D eigenvalue weighted by atomic mass is 14.9. The van der Waals surface area contributed by atoms with Crippen LogP contribution in [0.4, 0.5) is 0 Å². The molecule has 0 unspecified atom stereocenters. The Balaban J connectivity index is 0.000000660. The molecule has 4 rings (SSSR count). The summed E-state index contributed by atoms with van der Waals surface area (Å²) in [7, 11) is 0. The van der Waals surface area contributed by atoms with E-state index in [4.69, 9.17) is 0 Å². The number of rotatable bonds is 3. The van der Waals surface area contributed by atoms with E-state index in [0.717, 1.165) is 0 Å². The minimum absolute atomic E-state index is 1.17. The fourth-order valence-corrected chi connectivity index (χ4v) is 2.78. The number of aromatic nitrogens is 2. The van der Waals surface area contributed by atoms with Gasteiger partial charge in [-0.05, 0) is 11.1 Å². The lowest BCUT2D eigenvalue weighted by molar-refractivity contribution is -0.596. The summed E-state index contributed by atoms with van der Waals surface area (Å²) in [5.74, 6) is 0. The average molecular weight is 371 g/mol. The van der Waals surface area contributed by atoms with Crippen LogP contribution >= 0.6 is 0 Å². The van der Waals surface area contributed by atoms with Gasteiger partial charge in [-0.2, -0.15) is 9.13 Å². The SMILES string of the molecule is CC.CC.c1ccc(-[n+]2ccc(-c3cc[n+](-c4ccccc4)cc3)cc2)cc1. The number of hydrogen-bond donors (Lipinski definition) is 0. The Hall–Kier alpha value is -3.26. The summed E-state index contributed by atoms with van der Waals surface area (Å²) < 4.78 is 4.24. The highest BCUT2D eigenvalue weighted by molar-refractivity contribution is 5.61. The molecular formula is C26H30N2+2. The molecular weight excluding hydrogens is 340 g/mol. The van der Waals surface area contributed by atoms with E-state index in [2.05, 4.69) is 107 Å². The van der Waals surface area contributed by atoms with Crippen molar-refractivity contribution in [3.8, 4) is 22.5 Å². The molecule has 0 N–H and O–H groups in total. The van der Waals surface area contributed by atoms with Crippen LogP contribution < -0.4 is 9.13 Å². The van der Waals surface area contributed by atoms with Gasteiger partial charge in [0.25, 0.3) is 0 Å². The topological polar surface area (TPSA) is 7.76 Å². The van der Waals surface area contributed by atoms with Crippen molar-refractivity contribution in [3.63, 3.8) is 0 Å². The van der Waals surface area contributed by atoms with Gasteiger partial charge in [0.2, 0.25) is 11.4 Å². The first kappa shape index (κ1) is 21.0. The van der Waals surface area contributed by atoms with Gasteiger partial charge in [0.15, 0.2) is 24.8 Å². The van der Waals surface area contributed by atoms with Gasteiger partial charge in [-0.25, -0.2) is 0 Å². The third kappa shape index (κ3) is 5.37. The Morgan fingerprint density at radius 1 is 0.393 bits per heavy atom. The lowest BCUT2D eigenvalue weighted by Gasteiger charge is -2.01. The van der Waals surface area contributed by atoms with Crippen molar-refractivity contribution in [3.05, 3.63) is 110 Å². The van der Waals surface area contributed by atoms with Crippen LogP contribution in [0.5, 0.6) is 0 Å². The van der Waals surface area contributed by atoms with Crippen molar-refractivity contribution in [1.82, 2.24) is 0 Å². The second kappa shape index (κ2) is 11.5. The Kier molecular flexibility index (Phi) is 8.61. The third-order valence-electron chi connectivity index (χ3n) is 4.10. The van der Waals surface area contributed by atoms with E-state index in [-0.39, 0.29) is 0 Å². The van der Waals surface area contributed by atoms with Crippen molar-refractivity contribution in [1.29, 1.82) is 0 Å². The molecule has 0 saturated carbocycles. The summed E-state index contributed by atoms with van der Waals surface area (Å²) in [5.41, 5.74) is 4.75. The van der Waals surface area contributed by atoms with Crippen molar-refractivity contribution in [2.75, 3.05) is 0 Å². The Bertz CT molecular complexity index is 832. The molecule has 0 amide bonds. The van der Waals surface area contributed by atoms with Crippen LogP contribution in [0.3, 0.4) is 0 Å². The van der Waals surface area contributed by atoms with Crippen molar-refractivity contribution < 1.29 is 9.13 Å². The van der Waals surface area contributed by atoms with Crippen LogP contribution in [-0.4, -0.2) is 0 Å². The maximum atomic E-state index is 2.15. The predicted molar refractivity (Wildman–Crippen MR) is 118 cm³/mol. The van der Waals surface area contributed by atoms with E-state index in [0.29, 0.717) is 0 Å². The highest BCUT2D eigenvalue weighted by Crippen LogP contribution is 2.16. The van der Waals surface area contributed by atoms with Crippen molar-refractivity contribution in [2.24, 2.45) is 0 Å². The fourth-order valence-electron chi connectivity index (χ4n) is 2.78. The summed E-state index contributed by atoms with van der Waals surface area (Å²) in [5, 5.41) is 0. The summed E-state index contributed by atoms with van der Waals surface area (Å²) in [6.07, 6.45) is 8.40. The molecule has 2 heterocycles. The van der Waals surface area contributed by atoms with Crippen LogP contribution in [0.25, 0.3) is 22.5 Å². The zero-order chi connectivity index (χ0) is 20.2. The van der Waals surface area contributed by atoms with Gasteiger partial charge in [-0.15, -0.1) is 0 Å². The maximum Gasteiger partial charge on any atom is 0.210 e. The number of benzene rings is 2. The molecule has 0 aliphatic rings. The number of pyridine rings is 2. The molecule has 142 valence electrons. The Labute approximate surface area is 169 Å². The van der Waals surface area contributed by atoms with Crippen LogP contribution in [-0.2, 0) is 0 Å². The van der Waals surface area contributed by atoms with Gasteiger partial charge in [0, 0.05) is 48.5 Å². The third-order valence-corrected chi connectivity index (χ3v) is 4.10. The quantitative estimate of drug-likeness (QED) is 0.393. The van der Waals surface area contributed by atoms with Gasteiger partial charge < -0.3 is 0 Å². The molecule has 2 nitrogen and oxygen atoms in total. The average Bonchev–Trinajstić information content (AvgIpc) is 2.83. The van der Waals surface area contributed by atoms with E-state index in [1.54, 1.807) is 0 Å². The zero-order valence-electron chi connectivity index (χ0n) is 17.3. The lowest BCUT2D eigenvalue weighted by atomic mass is 10.1. The van der Waals surface area contributed by atoms with Gasteiger partial charge in [0.05, 0.1) is 0 Å². The second-order valence-electron chi connectivity index (χ2n) is 5.66. The van der Waals surface area contributed by atoms with E-state index in [9.17, 15) is 0 Å². The molecule has 0 aliphatic carbocycles. The smallest absolute Gasteiger partial charge is 0.167 e. The maximum absolute atomic E-state index is 2.15. The monoisotopic (exact) mass is 370 g/mol. The molecule has 0 aliphatic heterocycles. The van der Waals surface area contributed by atoms with E-state index in [1.807, 2.05) is 39.8 Å². The molecule has 2 heteroatoms. The normalized spacial score (nSPS) is 9.43. The fraction of sp³-hybridized carbons (Fsp3) is 0.154. The molecule has 0 fully saturated rings. The molecule has 0 saturated heterocycles. The molecule has 28 heavy (non-hydrogen) atoms. The Morgan fingerprint density at radius 2 is 0.679 bits per heavy atom. The van der Waals surface area contributed by atoms with Gasteiger partial charge in [-0.1, -0.05) is 64.1 Å². The molecule has 2 aromatic heterocycles. The minimum Gasteiger partial charge on any atom is -0.167 e. The molecule has 2 aromatic carbocycles.